The molecule has 0 spiro atoms. The van der Waals surface area contributed by atoms with E-state index >= 15 is 0 Å². The van der Waals surface area contributed by atoms with E-state index in [1.807, 2.05) is 13.8 Å². The molecule has 0 saturated heterocycles. The second-order valence-electron chi connectivity index (χ2n) is 4.66. The number of hydrogen-bond donors (Lipinski definition) is 2. The van der Waals surface area contributed by atoms with Crippen molar-refractivity contribution in [3.8, 4) is 0 Å². The van der Waals surface area contributed by atoms with E-state index in [2.05, 4.69) is 10.6 Å². The summed E-state index contributed by atoms with van der Waals surface area (Å²) >= 11 is 0. The summed E-state index contributed by atoms with van der Waals surface area (Å²) in [7, 11) is 1.63. The molecule has 2 N–H and O–H groups in total. The fraction of sp³-hybridized carbons (Fsp3) is 0.818. The maximum atomic E-state index is 11.6. The number of carbonyl (C=O) groups excluding carboxylic acids is 2. The topological polar surface area (TPSA) is 61.4 Å². The molecule has 1 aliphatic rings. The van der Waals surface area contributed by atoms with E-state index in [0.717, 1.165) is 12.8 Å². The van der Waals surface area contributed by atoms with Gasteiger partial charge in [0.1, 0.15) is 6.54 Å². The summed E-state index contributed by atoms with van der Waals surface area (Å²) < 4.78 is 0. The van der Waals surface area contributed by atoms with Crippen LogP contribution in [-0.2, 0) is 4.79 Å². The number of hydrogen-bond acceptors (Lipinski definition) is 2. The van der Waals surface area contributed by atoms with E-state index in [1.54, 1.807) is 7.05 Å². The van der Waals surface area contributed by atoms with Crippen molar-refractivity contribution in [2.45, 2.75) is 45.2 Å². The predicted octanol–water partition coefficient (Wildman–Crippen LogP) is 0.705. The lowest BCUT2D eigenvalue weighted by Gasteiger charge is -2.29. The number of likely N-dealkylation sites (N-methyl/N-ethyl adjacent to an activating group) is 1. The van der Waals surface area contributed by atoms with Gasteiger partial charge in [-0.1, -0.05) is 0 Å². The van der Waals surface area contributed by atoms with Gasteiger partial charge in [-0.2, -0.15) is 0 Å². The molecule has 3 amide bonds. The normalized spacial score (nSPS) is 15.5. The molecular weight excluding hydrogens is 206 g/mol. The Bertz CT molecular complexity index is 262. The van der Waals surface area contributed by atoms with E-state index in [4.69, 9.17) is 0 Å². The lowest BCUT2D eigenvalue weighted by Crippen LogP contribution is -2.49. The molecule has 0 heterocycles. The van der Waals surface area contributed by atoms with Crippen LogP contribution in [-0.4, -0.2) is 42.5 Å². The van der Waals surface area contributed by atoms with Gasteiger partial charge in [0.15, 0.2) is 0 Å². The van der Waals surface area contributed by atoms with Crippen molar-refractivity contribution >= 4 is 11.9 Å². The van der Waals surface area contributed by atoms with E-state index in [-0.39, 0.29) is 24.5 Å². The van der Waals surface area contributed by atoms with Gasteiger partial charge in [0.05, 0.1) is 0 Å². The molecule has 1 aliphatic carbocycles. The summed E-state index contributed by atoms with van der Waals surface area (Å²) in [6.45, 7) is 3.90. The highest BCUT2D eigenvalue weighted by Crippen LogP contribution is 2.17. The van der Waals surface area contributed by atoms with Crippen molar-refractivity contribution in [1.29, 1.82) is 0 Å². The predicted molar refractivity (Wildman–Crippen MR) is 62.1 cm³/mol. The fourth-order valence-corrected chi connectivity index (χ4v) is 1.49. The molecular formula is C11H21N3O2. The molecule has 1 fully saturated rings. The van der Waals surface area contributed by atoms with E-state index in [9.17, 15) is 9.59 Å². The number of urea groups is 1. The smallest absolute Gasteiger partial charge is 0.317 e. The number of nitrogens with one attached hydrogen (secondary N) is 2. The average molecular weight is 227 g/mol. The summed E-state index contributed by atoms with van der Waals surface area (Å²) in [5.74, 6) is -0.124. The SMILES string of the molecule is CC(C)NC(=O)CN(C)C(=O)NC1CCC1. The number of nitrogens with zero attached hydrogens (tertiary/aromatic N) is 1. The second kappa shape index (κ2) is 5.72. The van der Waals surface area contributed by atoms with Crippen molar-refractivity contribution in [3.63, 3.8) is 0 Å². The number of carbonyl (C=O) groups is 2. The molecule has 5 heteroatoms. The third-order valence-electron chi connectivity index (χ3n) is 2.61. The molecule has 0 aromatic rings. The van der Waals surface area contributed by atoms with Crippen molar-refractivity contribution in [2.75, 3.05) is 13.6 Å². The molecule has 0 unspecified atom stereocenters. The average Bonchev–Trinajstić information content (AvgIpc) is 2.09. The van der Waals surface area contributed by atoms with E-state index in [0.29, 0.717) is 6.04 Å². The van der Waals surface area contributed by atoms with Gasteiger partial charge in [0.2, 0.25) is 5.91 Å². The van der Waals surface area contributed by atoms with Gasteiger partial charge in [-0.15, -0.1) is 0 Å². The van der Waals surface area contributed by atoms with Crippen LogP contribution in [0.25, 0.3) is 0 Å². The summed E-state index contributed by atoms with van der Waals surface area (Å²) in [6, 6.07) is 0.252. The standard InChI is InChI=1S/C11H21N3O2/c1-8(2)12-10(15)7-14(3)11(16)13-9-5-4-6-9/h8-9H,4-7H2,1-3H3,(H,12,15)(H,13,16). The Morgan fingerprint density at radius 3 is 2.44 bits per heavy atom. The van der Waals surface area contributed by atoms with Crippen molar-refractivity contribution in [1.82, 2.24) is 15.5 Å². The monoisotopic (exact) mass is 227 g/mol. The summed E-state index contributed by atoms with van der Waals surface area (Å²) in [4.78, 5) is 24.4. The van der Waals surface area contributed by atoms with Crippen LogP contribution in [0.5, 0.6) is 0 Å². The molecule has 0 aromatic carbocycles. The minimum Gasteiger partial charge on any atom is -0.352 e. The highest BCUT2D eigenvalue weighted by atomic mass is 16.2. The summed E-state index contributed by atoms with van der Waals surface area (Å²) in [6.07, 6.45) is 3.29. The van der Waals surface area contributed by atoms with Crippen LogP contribution in [0.15, 0.2) is 0 Å². The minimum absolute atomic E-state index is 0.107. The Morgan fingerprint density at radius 1 is 1.38 bits per heavy atom. The molecule has 1 saturated carbocycles. The third kappa shape index (κ3) is 4.08. The second-order valence-corrected chi connectivity index (χ2v) is 4.66. The zero-order valence-electron chi connectivity index (χ0n) is 10.2. The van der Waals surface area contributed by atoms with E-state index < -0.39 is 0 Å². The quantitative estimate of drug-likeness (QED) is 0.743. The van der Waals surface area contributed by atoms with E-state index in [1.165, 1.54) is 11.3 Å². The van der Waals surface area contributed by atoms with Crippen LogP contribution in [0, 0.1) is 0 Å². The molecule has 92 valence electrons. The van der Waals surface area contributed by atoms with Crippen molar-refractivity contribution in [2.24, 2.45) is 0 Å². The van der Waals surface area contributed by atoms with Gasteiger partial charge in [0, 0.05) is 19.1 Å². The van der Waals surface area contributed by atoms with Crippen LogP contribution < -0.4 is 10.6 Å². The Hall–Kier alpha value is -1.26. The molecule has 0 aliphatic heterocycles. The molecule has 0 atom stereocenters. The van der Waals surface area contributed by atoms with Crippen LogP contribution in [0.3, 0.4) is 0 Å². The van der Waals surface area contributed by atoms with Gasteiger partial charge in [-0.3, -0.25) is 4.79 Å². The third-order valence-corrected chi connectivity index (χ3v) is 2.61. The maximum absolute atomic E-state index is 11.6. The fourth-order valence-electron chi connectivity index (χ4n) is 1.49. The minimum atomic E-state index is -0.163. The Balaban J connectivity index is 2.24. The lowest BCUT2D eigenvalue weighted by atomic mass is 9.93. The van der Waals surface area contributed by atoms with Gasteiger partial charge in [0.25, 0.3) is 0 Å². The van der Waals surface area contributed by atoms with Crippen molar-refractivity contribution in [3.05, 3.63) is 0 Å². The molecule has 0 radical (unpaired) electrons. The first kappa shape index (κ1) is 12.8. The van der Waals surface area contributed by atoms with Crippen LogP contribution in [0.1, 0.15) is 33.1 Å². The van der Waals surface area contributed by atoms with Crippen LogP contribution in [0.2, 0.25) is 0 Å². The summed E-state index contributed by atoms with van der Waals surface area (Å²) in [5, 5.41) is 5.63. The van der Waals surface area contributed by atoms with Gasteiger partial charge in [-0.05, 0) is 33.1 Å². The maximum Gasteiger partial charge on any atom is 0.317 e. The highest BCUT2D eigenvalue weighted by Gasteiger charge is 2.21. The van der Waals surface area contributed by atoms with Crippen molar-refractivity contribution < 1.29 is 9.59 Å². The van der Waals surface area contributed by atoms with Gasteiger partial charge < -0.3 is 15.5 Å². The molecule has 0 aromatic heterocycles. The zero-order chi connectivity index (χ0) is 12.1. The first-order valence-electron chi connectivity index (χ1n) is 5.80. The van der Waals surface area contributed by atoms with Crippen LogP contribution >= 0.6 is 0 Å². The summed E-state index contributed by atoms with van der Waals surface area (Å²) in [5.41, 5.74) is 0. The van der Waals surface area contributed by atoms with Gasteiger partial charge in [-0.25, -0.2) is 4.79 Å². The first-order chi connectivity index (χ1) is 7.49. The lowest BCUT2D eigenvalue weighted by molar-refractivity contribution is -0.121. The Kier molecular flexibility index (Phi) is 4.58. The first-order valence-corrected chi connectivity index (χ1v) is 5.80. The van der Waals surface area contributed by atoms with Crippen LogP contribution in [0.4, 0.5) is 4.79 Å². The Labute approximate surface area is 96.6 Å². The largest absolute Gasteiger partial charge is 0.352 e. The molecule has 16 heavy (non-hydrogen) atoms. The molecule has 1 rings (SSSR count). The molecule has 0 bridgehead atoms. The van der Waals surface area contributed by atoms with Gasteiger partial charge >= 0.3 is 6.03 Å². The number of amides is 3. The highest BCUT2D eigenvalue weighted by molar-refractivity contribution is 5.84. The number of rotatable bonds is 4. The Morgan fingerprint density at radius 2 is 2.00 bits per heavy atom. The zero-order valence-corrected chi connectivity index (χ0v) is 10.2. The molecule has 5 nitrogen and oxygen atoms in total.